The van der Waals surface area contributed by atoms with Crippen molar-refractivity contribution in [3.05, 3.63) is 0 Å². The van der Waals surface area contributed by atoms with E-state index in [1.807, 2.05) is 0 Å². The number of rotatable bonds is 7. The van der Waals surface area contributed by atoms with Crippen LogP contribution in [0.2, 0.25) is 0 Å². The molecule has 0 radical (unpaired) electrons. The van der Waals surface area contributed by atoms with Crippen LogP contribution in [-0.4, -0.2) is 49.3 Å². The molecule has 3 fully saturated rings. The normalized spacial score (nSPS) is 33.6. The predicted molar refractivity (Wildman–Crippen MR) is 83.0 cm³/mol. The minimum atomic E-state index is 0.480. The number of hydrogen-bond acceptors (Lipinski definition) is 3. The monoisotopic (exact) mass is 280 g/mol. The molecule has 3 atom stereocenters. The van der Waals surface area contributed by atoms with E-state index < -0.39 is 0 Å². The molecule has 0 aliphatic heterocycles. The fraction of sp³-hybridized carbons (Fsp3) is 1.00. The lowest BCUT2D eigenvalue weighted by molar-refractivity contribution is -0.130. The number of nitrogens with one attached hydrogen (secondary N) is 1. The lowest BCUT2D eigenvalue weighted by Gasteiger charge is -2.54. The Labute approximate surface area is 124 Å². The van der Waals surface area contributed by atoms with Gasteiger partial charge in [0.05, 0.1) is 6.10 Å². The fourth-order valence-corrected chi connectivity index (χ4v) is 4.47. The van der Waals surface area contributed by atoms with E-state index in [2.05, 4.69) is 31.1 Å². The number of hydrogen-bond donors (Lipinski definition) is 1. The Bertz CT molecular complexity index is 323. The zero-order chi connectivity index (χ0) is 14.2. The maximum atomic E-state index is 6.00. The Morgan fingerprint density at radius 3 is 2.60 bits per heavy atom. The summed E-state index contributed by atoms with van der Waals surface area (Å²) in [6, 6.07) is 2.23. The molecule has 1 N–H and O–H groups in total. The fourth-order valence-electron chi connectivity index (χ4n) is 4.47. The molecule has 0 aromatic heterocycles. The van der Waals surface area contributed by atoms with Gasteiger partial charge in [-0.15, -0.1) is 0 Å². The molecular weight excluding hydrogens is 248 g/mol. The summed E-state index contributed by atoms with van der Waals surface area (Å²) >= 11 is 0. The van der Waals surface area contributed by atoms with Gasteiger partial charge in [-0.25, -0.2) is 0 Å². The second-order valence-corrected chi connectivity index (χ2v) is 7.33. The molecule has 3 heteroatoms. The van der Waals surface area contributed by atoms with Crippen molar-refractivity contribution in [2.75, 3.05) is 20.2 Å². The third-order valence-corrected chi connectivity index (χ3v) is 6.17. The van der Waals surface area contributed by atoms with Crippen LogP contribution in [-0.2, 0) is 4.74 Å². The summed E-state index contributed by atoms with van der Waals surface area (Å²) in [5.74, 6) is 0. The van der Waals surface area contributed by atoms with Gasteiger partial charge in [0.15, 0.2) is 0 Å². The van der Waals surface area contributed by atoms with Gasteiger partial charge in [-0.3, -0.25) is 4.90 Å². The summed E-state index contributed by atoms with van der Waals surface area (Å²) < 4.78 is 6.00. The Kier molecular flexibility index (Phi) is 4.40. The van der Waals surface area contributed by atoms with Crippen LogP contribution in [0.15, 0.2) is 0 Å². The van der Waals surface area contributed by atoms with Crippen molar-refractivity contribution in [3.63, 3.8) is 0 Å². The molecule has 116 valence electrons. The summed E-state index contributed by atoms with van der Waals surface area (Å²) in [5.41, 5.74) is 0.480. The van der Waals surface area contributed by atoms with E-state index in [9.17, 15) is 0 Å². The van der Waals surface area contributed by atoms with Gasteiger partial charge in [0.1, 0.15) is 0 Å². The average molecular weight is 280 g/mol. The first kappa shape index (κ1) is 14.8. The molecule has 0 bridgehead atoms. The maximum Gasteiger partial charge on any atom is 0.0661 e. The minimum absolute atomic E-state index is 0.480. The van der Waals surface area contributed by atoms with Crippen LogP contribution in [0.4, 0.5) is 0 Å². The van der Waals surface area contributed by atoms with E-state index in [1.165, 1.54) is 44.9 Å². The molecule has 0 amide bonds. The van der Waals surface area contributed by atoms with Gasteiger partial charge < -0.3 is 10.1 Å². The summed E-state index contributed by atoms with van der Waals surface area (Å²) in [4.78, 5) is 2.56. The highest BCUT2D eigenvalue weighted by Crippen LogP contribution is 2.54. The Hall–Kier alpha value is -0.120. The van der Waals surface area contributed by atoms with E-state index in [0.29, 0.717) is 23.6 Å². The predicted octanol–water partition coefficient (Wildman–Crippen LogP) is 2.80. The van der Waals surface area contributed by atoms with E-state index in [-0.39, 0.29) is 0 Å². The largest absolute Gasteiger partial charge is 0.378 e. The molecule has 3 aliphatic rings. The molecule has 0 heterocycles. The number of likely N-dealkylation sites (N-methyl/N-ethyl adjacent to an activating group) is 1. The van der Waals surface area contributed by atoms with E-state index in [1.54, 1.807) is 0 Å². The van der Waals surface area contributed by atoms with Crippen molar-refractivity contribution in [1.29, 1.82) is 0 Å². The van der Waals surface area contributed by atoms with Crippen LogP contribution >= 0.6 is 0 Å². The molecule has 3 rings (SSSR count). The first-order valence-corrected chi connectivity index (χ1v) is 8.74. The summed E-state index contributed by atoms with van der Waals surface area (Å²) in [7, 11) is 2.29. The molecule has 3 unspecified atom stereocenters. The van der Waals surface area contributed by atoms with E-state index >= 15 is 0 Å². The van der Waals surface area contributed by atoms with Gasteiger partial charge in [-0.2, -0.15) is 0 Å². The van der Waals surface area contributed by atoms with Crippen LogP contribution in [0.1, 0.15) is 58.8 Å². The van der Waals surface area contributed by atoms with Crippen molar-refractivity contribution in [3.8, 4) is 0 Å². The zero-order valence-electron chi connectivity index (χ0n) is 13.5. The van der Waals surface area contributed by atoms with Gasteiger partial charge >= 0.3 is 0 Å². The van der Waals surface area contributed by atoms with Gasteiger partial charge in [0.2, 0.25) is 0 Å². The van der Waals surface area contributed by atoms with Gasteiger partial charge in [0.25, 0.3) is 0 Å². The zero-order valence-corrected chi connectivity index (χ0v) is 13.5. The average Bonchev–Trinajstić information content (AvgIpc) is 3.16. The van der Waals surface area contributed by atoms with Crippen molar-refractivity contribution < 1.29 is 4.74 Å². The van der Waals surface area contributed by atoms with Crippen molar-refractivity contribution >= 4 is 0 Å². The van der Waals surface area contributed by atoms with Crippen molar-refractivity contribution in [1.82, 2.24) is 10.2 Å². The van der Waals surface area contributed by atoms with E-state index in [0.717, 1.165) is 19.2 Å². The van der Waals surface area contributed by atoms with Crippen LogP contribution < -0.4 is 5.32 Å². The second-order valence-electron chi connectivity index (χ2n) is 7.33. The lowest BCUT2D eigenvalue weighted by atomic mass is 9.60. The van der Waals surface area contributed by atoms with Gasteiger partial charge in [-0.05, 0) is 53.0 Å². The molecule has 3 saturated carbocycles. The Morgan fingerprint density at radius 1 is 1.30 bits per heavy atom. The lowest BCUT2D eigenvalue weighted by Crippen LogP contribution is -2.63. The Morgan fingerprint density at radius 2 is 2.00 bits per heavy atom. The van der Waals surface area contributed by atoms with Crippen molar-refractivity contribution in [2.45, 2.75) is 83.0 Å². The Balaban J connectivity index is 1.50. The summed E-state index contributed by atoms with van der Waals surface area (Å²) in [5, 5.41) is 3.88. The topological polar surface area (TPSA) is 24.5 Å². The first-order valence-electron chi connectivity index (χ1n) is 8.74. The standard InChI is InChI=1S/C17H32N2O/c1-4-20-16-11-15(17(16)9-5-6-10-17)18-12-13(2)19(3)14-7-8-14/h13-16,18H,4-12H2,1-3H3. The van der Waals surface area contributed by atoms with E-state index in [4.69, 9.17) is 4.74 Å². The third kappa shape index (κ3) is 2.65. The molecule has 0 saturated heterocycles. The van der Waals surface area contributed by atoms with Crippen molar-refractivity contribution in [2.24, 2.45) is 5.41 Å². The van der Waals surface area contributed by atoms with Crippen LogP contribution in [0.5, 0.6) is 0 Å². The van der Waals surface area contributed by atoms with Crippen LogP contribution in [0.3, 0.4) is 0 Å². The SMILES string of the molecule is CCOC1CC(NCC(C)N(C)C2CC2)C12CCCC2. The molecule has 20 heavy (non-hydrogen) atoms. The molecule has 0 aromatic carbocycles. The molecule has 0 aromatic rings. The van der Waals surface area contributed by atoms with Gasteiger partial charge in [-0.1, -0.05) is 12.8 Å². The molecule has 1 spiro atoms. The highest BCUT2D eigenvalue weighted by molar-refractivity contribution is 5.10. The maximum absolute atomic E-state index is 6.00. The number of ether oxygens (including phenoxy) is 1. The highest BCUT2D eigenvalue weighted by Gasteiger charge is 2.56. The minimum Gasteiger partial charge on any atom is -0.378 e. The molecular formula is C17H32N2O. The highest BCUT2D eigenvalue weighted by atomic mass is 16.5. The quantitative estimate of drug-likeness (QED) is 0.776. The molecule has 3 nitrogen and oxygen atoms in total. The third-order valence-electron chi connectivity index (χ3n) is 6.17. The summed E-state index contributed by atoms with van der Waals surface area (Å²) in [6.07, 6.45) is 10.1. The first-order chi connectivity index (χ1) is 9.67. The summed E-state index contributed by atoms with van der Waals surface area (Å²) in [6.45, 7) is 6.51. The number of nitrogens with zero attached hydrogens (tertiary/aromatic N) is 1. The smallest absolute Gasteiger partial charge is 0.0661 e. The second kappa shape index (κ2) is 5.94. The van der Waals surface area contributed by atoms with Crippen LogP contribution in [0.25, 0.3) is 0 Å². The molecule has 3 aliphatic carbocycles. The van der Waals surface area contributed by atoms with Crippen LogP contribution in [0, 0.1) is 5.41 Å². The van der Waals surface area contributed by atoms with Gasteiger partial charge in [0, 0.05) is 36.7 Å².